The topological polar surface area (TPSA) is 19.4 Å². The molecule has 6 rings (SSSR count). The third kappa shape index (κ3) is 54.8. The maximum atomic E-state index is 2.63. The molecule has 0 amide bonds. The van der Waals surface area contributed by atoms with Crippen LogP contribution < -0.4 is 0 Å². The molecule has 77 heavy (non-hydrogen) atoms. The van der Waals surface area contributed by atoms with Crippen LogP contribution in [0.3, 0.4) is 0 Å². The predicted octanol–water partition coefficient (Wildman–Crippen LogP) is 19.9. The molecule has 466 valence electrons. The first-order chi connectivity index (χ1) is 35.0. The Balaban J connectivity index is 0. The van der Waals surface area contributed by atoms with Gasteiger partial charge in [-0.3, -0.25) is 0 Å². The highest BCUT2D eigenvalue weighted by Gasteiger charge is 2.20. The van der Waals surface area contributed by atoms with E-state index in [1.807, 2.05) is 0 Å². The molecule has 0 aromatic heterocycles. The summed E-state index contributed by atoms with van der Waals surface area (Å²) >= 11 is 0. The van der Waals surface area contributed by atoms with Crippen molar-refractivity contribution in [3.8, 4) is 0 Å². The number of unbranched alkanes of at least 4 members (excludes halogenated alkanes) is 6. The maximum Gasteiger partial charge on any atom is 0.00300 e. The van der Waals surface area contributed by atoms with Crippen molar-refractivity contribution < 1.29 is 0 Å². The van der Waals surface area contributed by atoms with Crippen LogP contribution in [-0.4, -0.2) is 147 Å². The predicted molar refractivity (Wildman–Crippen MR) is 353 cm³/mol. The molecule has 0 bridgehead atoms. The highest BCUT2D eigenvalue weighted by atomic mass is 15.2. The zero-order valence-electron chi connectivity index (χ0n) is 55.5. The van der Waals surface area contributed by atoms with Gasteiger partial charge in [0.25, 0.3) is 0 Å². The van der Waals surface area contributed by atoms with Gasteiger partial charge < -0.3 is 29.4 Å². The minimum atomic E-state index is 0. The van der Waals surface area contributed by atoms with E-state index in [2.05, 4.69) is 154 Å². The van der Waals surface area contributed by atoms with E-state index in [9.17, 15) is 0 Å². The van der Waals surface area contributed by atoms with Crippen molar-refractivity contribution in [3.05, 3.63) is 0 Å². The van der Waals surface area contributed by atoms with Gasteiger partial charge in [0, 0.05) is 6.54 Å². The van der Waals surface area contributed by atoms with Crippen LogP contribution in [0.25, 0.3) is 0 Å². The first kappa shape index (κ1) is 78.8. The minimum absolute atomic E-state index is 0. The van der Waals surface area contributed by atoms with Crippen LogP contribution in [0, 0.1) is 32.5 Å². The summed E-state index contributed by atoms with van der Waals surface area (Å²) in [7, 11) is 0. The fourth-order valence-electron chi connectivity index (χ4n) is 11.5. The van der Waals surface area contributed by atoms with Gasteiger partial charge in [0.15, 0.2) is 0 Å². The Bertz CT molecular complexity index is 1250. The second kappa shape index (κ2) is 43.4. The molecule has 0 aliphatic carbocycles. The second-order valence-corrected chi connectivity index (χ2v) is 32.4. The second-order valence-electron chi connectivity index (χ2n) is 32.4. The van der Waals surface area contributed by atoms with Crippen molar-refractivity contribution in [2.75, 3.05) is 118 Å². The van der Waals surface area contributed by atoms with Crippen molar-refractivity contribution in [2.24, 2.45) is 32.5 Å². The molecule has 0 radical (unpaired) electrons. The summed E-state index contributed by atoms with van der Waals surface area (Å²) < 4.78 is 0. The Labute approximate surface area is 490 Å². The largest absolute Gasteiger partial charge is 0.303 e. The van der Waals surface area contributed by atoms with E-state index in [0.29, 0.717) is 32.5 Å². The van der Waals surface area contributed by atoms with Crippen LogP contribution in [0.2, 0.25) is 0 Å². The molecule has 0 atom stereocenters. The number of hydrogen-bond acceptors (Lipinski definition) is 6. The van der Waals surface area contributed by atoms with Crippen molar-refractivity contribution >= 4 is 0 Å². The number of likely N-dealkylation sites (tertiary alicyclic amines) is 6. The van der Waals surface area contributed by atoms with Crippen molar-refractivity contribution in [3.63, 3.8) is 0 Å². The van der Waals surface area contributed by atoms with E-state index in [1.54, 1.807) is 0 Å². The quantitative estimate of drug-likeness (QED) is 0.106. The lowest BCUT2D eigenvalue weighted by Crippen LogP contribution is -2.29. The van der Waals surface area contributed by atoms with E-state index in [1.165, 1.54) is 291 Å². The van der Waals surface area contributed by atoms with E-state index in [4.69, 9.17) is 0 Å². The number of nitrogens with zero attached hydrogens (tertiary/aromatic N) is 6. The van der Waals surface area contributed by atoms with Crippen LogP contribution in [0.5, 0.6) is 0 Å². The van der Waals surface area contributed by atoms with E-state index < -0.39 is 0 Å². The van der Waals surface area contributed by atoms with Gasteiger partial charge in [-0.1, -0.05) is 178 Å². The maximum absolute atomic E-state index is 2.63. The third-order valence-corrected chi connectivity index (χ3v) is 16.2. The molecule has 0 saturated carbocycles. The molecule has 0 aromatic carbocycles. The fraction of sp³-hybridized carbons (Fsp3) is 1.00. The molecule has 0 unspecified atom stereocenters. The molecule has 6 aliphatic rings. The normalized spacial score (nSPS) is 19.4. The Kier molecular flexibility index (Phi) is 44.4. The van der Waals surface area contributed by atoms with Gasteiger partial charge in [-0.05, 0) is 279 Å². The molecule has 0 aromatic rings. The Hall–Kier alpha value is -0.240. The van der Waals surface area contributed by atoms with Gasteiger partial charge in [-0.2, -0.15) is 0 Å². The Morgan fingerprint density at radius 2 is 0.390 bits per heavy atom. The van der Waals surface area contributed by atoms with Crippen molar-refractivity contribution in [1.82, 2.24) is 29.4 Å². The van der Waals surface area contributed by atoms with Gasteiger partial charge in [0.2, 0.25) is 0 Å². The zero-order valence-corrected chi connectivity index (χ0v) is 55.5. The average molecular weight is 1090 g/mol. The summed E-state index contributed by atoms with van der Waals surface area (Å²) in [5, 5.41) is 0. The van der Waals surface area contributed by atoms with Gasteiger partial charge in [-0.15, -0.1) is 0 Å². The van der Waals surface area contributed by atoms with E-state index >= 15 is 0 Å². The monoisotopic (exact) mass is 1090 g/mol. The van der Waals surface area contributed by atoms with E-state index in [-0.39, 0.29) is 14.9 Å². The molecule has 6 heteroatoms. The molecular weight excluding hydrogens is 937 g/mol. The van der Waals surface area contributed by atoms with Gasteiger partial charge in [0.05, 0.1) is 0 Å². The van der Waals surface area contributed by atoms with Gasteiger partial charge >= 0.3 is 0 Å². The summed E-state index contributed by atoms with van der Waals surface area (Å²) in [5.74, 6) is 0. The van der Waals surface area contributed by atoms with Crippen molar-refractivity contribution in [1.29, 1.82) is 0 Å². The first-order valence-corrected chi connectivity index (χ1v) is 33.3. The Morgan fingerprint density at radius 1 is 0.195 bits per heavy atom. The Morgan fingerprint density at radius 3 is 0.662 bits per heavy atom. The molecule has 6 aliphatic heterocycles. The van der Waals surface area contributed by atoms with Gasteiger partial charge in [-0.25, -0.2) is 0 Å². The van der Waals surface area contributed by atoms with Crippen LogP contribution in [-0.2, 0) is 0 Å². The summed E-state index contributed by atoms with van der Waals surface area (Å²) in [6, 6.07) is 0. The highest BCUT2D eigenvalue weighted by molar-refractivity contribution is 4.75. The van der Waals surface area contributed by atoms with Crippen LogP contribution in [0.1, 0.15) is 313 Å². The minimum Gasteiger partial charge on any atom is -0.303 e. The molecule has 6 saturated heterocycles. The average Bonchev–Trinajstić information content (AvgIpc) is 4.14. The standard InChI is InChI=1S/C14H29N.C13H27N.C12H25N.C11H23N.C10H21N.C9H19N.2CH4/c1-14(2,3)10-6-4-5-7-11-15-12-8-9-13-15;1-13(2,3)9-5-4-6-10-14-11-7-8-12-14;1-12(2,3)8-4-5-9-13-10-6-7-11-13;1-11(2,3)7-6-10-12-8-4-5-9-12;1-10(2,3)6-9-11-7-4-5-8-11;1-9(2,3)8-10-6-4-5-7-10;;/h4-13H2,1-3H3;4-12H2,1-3H3;4-11H2,1-3H3;4-10H2,1-3H3;4-9H2,1-3H3;4-8H2,1-3H3;2*1H4. The summed E-state index contributed by atoms with van der Waals surface area (Å²) in [5.41, 5.74) is 3.14. The zero-order chi connectivity index (χ0) is 56.3. The lowest BCUT2D eigenvalue weighted by molar-refractivity contribution is 0.227. The summed E-state index contributed by atoms with van der Waals surface area (Å²) in [6.07, 6.45) is 38.1. The molecule has 6 fully saturated rings. The SMILES string of the molecule is C.C.CC(C)(C)CCCCCCN1CCCC1.CC(C)(C)CCCCCN1CCCC1.CC(C)(C)CCCCN1CCCC1.CC(C)(C)CCCN1CCCC1.CC(C)(C)CCN1CCCC1.CC(C)(C)CN1CCCC1. The molecule has 6 heterocycles. The van der Waals surface area contributed by atoms with Crippen molar-refractivity contribution in [2.45, 2.75) is 313 Å². The molecule has 0 N–H and O–H groups in total. The summed E-state index contributed by atoms with van der Waals surface area (Å²) in [4.78, 5) is 15.6. The highest BCUT2D eigenvalue weighted by Crippen LogP contribution is 2.26. The lowest BCUT2D eigenvalue weighted by Gasteiger charge is -2.25. The molecule has 6 nitrogen and oxygen atoms in total. The first-order valence-electron chi connectivity index (χ1n) is 33.3. The van der Waals surface area contributed by atoms with Crippen LogP contribution >= 0.6 is 0 Å². The summed E-state index contributed by atoms with van der Waals surface area (Å²) in [6.45, 7) is 66.1. The van der Waals surface area contributed by atoms with Crippen LogP contribution in [0.4, 0.5) is 0 Å². The van der Waals surface area contributed by atoms with E-state index in [0.717, 1.165) is 0 Å². The third-order valence-electron chi connectivity index (χ3n) is 16.2. The molecular formula is C71H152N6. The smallest absolute Gasteiger partial charge is 0.00300 e. The lowest BCUT2D eigenvalue weighted by atomic mass is 9.89. The van der Waals surface area contributed by atoms with Crippen LogP contribution in [0.15, 0.2) is 0 Å². The molecule has 0 spiro atoms. The van der Waals surface area contributed by atoms with Gasteiger partial charge in [0.1, 0.15) is 0 Å². The fourth-order valence-corrected chi connectivity index (χ4v) is 11.5. The number of rotatable bonds is 21. The number of hydrogen-bond donors (Lipinski definition) is 0.